The van der Waals surface area contributed by atoms with E-state index in [0.717, 1.165) is 49.1 Å². The third-order valence-electron chi connectivity index (χ3n) is 7.51. The van der Waals surface area contributed by atoms with Gasteiger partial charge < -0.3 is 19.6 Å². The van der Waals surface area contributed by atoms with E-state index in [2.05, 4.69) is 33.0 Å². The first-order chi connectivity index (χ1) is 16.5. The highest BCUT2D eigenvalue weighted by molar-refractivity contribution is 6.00. The Kier molecular flexibility index (Phi) is 6.39. The number of aryl methyl sites for hydroxylation is 2. The van der Waals surface area contributed by atoms with Crippen molar-refractivity contribution in [1.82, 2.24) is 15.1 Å². The maximum atomic E-state index is 13.2. The van der Waals surface area contributed by atoms with Gasteiger partial charge in [0.1, 0.15) is 0 Å². The summed E-state index contributed by atoms with van der Waals surface area (Å²) in [5.41, 5.74) is 3.25. The molecule has 0 bridgehead atoms. The molecule has 1 aromatic carbocycles. The van der Waals surface area contributed by atoms with Crippen molar-refractivity contribution >= 4 is 29.1 Å². The van der Waals surface area contributed by atoms with E-state index in [1.54, 1.807) is 4.90 Å². The van der Waals surface area contributed by atoms with Crippen LogP contribution in [0.15, 0.2) is 30.3 Å². The summed E-state index contributed by atoms with van der Waals surface area (Å²) in [7, 11) is 0. The van der Waals surface area contributed by atoms with Crippen LogP contribution in [0, 0.1) is 19.8 Å². The smallest absolute Gasteiger partial charge is 0.228 e. The zero-order chi connectivity index (χ0) is 23.7. The van der Waals surface area contributed by atoms with Gasteiger partial charge in [-0.25, -0.2) is 0 Å². The lowest BCUT2D eigenvalue weighted by molar-refractivity contribution is -0.136. The van der Waals surface area contributed by atoms with Gasteiger partial charge in [-0.2, -0.15) is 0 Å². The Labute approximate surface area is 201 Å². The van der Waals surface area contributed by atoms with Gasteiger partial charge in [-0.05, 0) is 68.5 Å². The minimum absolute atomic E-state index is 0.0318. The van der Waals surface area contributed by atoms with Gasteiger partial charge in [0.15, 0.2) is 11.6 Å². The highest BCUT2D eigenvalue weighted by Gasteiger charge is 2.38. The summed E-state index contributed by atoms with van der Waals surface area (Å²) in [4.78, 5) is 34.1. The first kappa shape index (κ1) is 22.6. The molecule has 1 unspecified atom stereocenters. The summed E-state index contributed by atoms with van der Waals surface area (Å²) in [6, 6.07) is 10.2. The van der Waals surface area contributed by atoms with Crippen molar-refractivity contribution in [3.63, 3.8) is 0 Å². The number of piperidine rings is 1. The van der Waals surface area contributed by atoms with E-state index in [1.165, 1.54) is 24.8 Å². The molecule has 5 rings (SSSR count). The van der Waals surface area contributed by atoms with Gasteiger partial charge in [0.05, 0.1) is 5.92 Å². The second-order valence-electron chi connectivity index (χ2n) is 9.78. The molecule has 3 saturated heterocycles. The van der Waals surface area contributed by atoms with Crippen molar-refractivity contribution in [3.8, 4) is 0 Å². The van der Waals surface area contributed by atoms with E-state index in [-0.39, 0.29) is 24.2 Å². The number of benzene rings is 1. The molecule has 3 aliphatic heterocycles. The molecule has 4 heterocycles. The fourth-order valence-corrected chi connectivity index (χ4v) is 5.21. The summed E-state index contributed by atoms with van der Waals surface area (Å²) >= 11 is 0. The van der Waals surface area contributed by atoms with Crippen molar-refractivity contribution in [2.45, 2.75) is 39.5 Å². The average Bonchev–Trinajstić information content (AvgIpc) is 3.27. The highest BCUT2D eigenvalue weighted by atomic mass is 16.2. The lowest BCUT2D eigenvalue weighted by Gasteiger charge is -2.36. The van der Waals surface area contributed by atoms with Crippen LogP contribution in [-0.4, -0.2) is 72.7 Å². The van der Waals surface area contributed by atoms with Crippen molar-refractivity contribution in [2.75, 3.05) is 60.5 Å². The van der Waals surface area contributed by atoms with Crippen molar-refractivity contribution in [1.29, 1.82) is 0 Å². The molecule has 0 N–H and O–H groups in total. The minimum Gasteiger partial charge on any atom is -0.355 e. The molecular weight excluding hydrogens is 428 g/mol. The van der Waals surface area contributed by atoms with Gasteiger partial charge in [-0.3, -0.25) is 9.59 Å². The quantitative estimate of drug-likeness (QED) is 0.696. The molecule has 1 aromatic heterocycles. The van der Waals surface area contributed by atoms with E-state index in [9.17, 15) is 9.59 Å². The first-order valence-corrected chi connectivity index (χ1v) is 12.5. The number of piperazine rings is 1. The normalized spacial score (nSPS) is 21.4. The third-order valence-corrected chi connectivity index (χ3v) is 7.51. The van der Waals surface area contributed by atoms with Crippen LogP contribution < -0.4 is 14.7 Å². The topological polar surface area (TPSA) is 72.9 Å². The molecule has 8 heteroatoms. The molecule has 34 heavy (non-hydrogen) atoms. The Morgan fingerprint density at radius 3 is 2.09 bits per heavy atom. The van der Waals surface area contributed by atoms with Gasteiger partial charge in [-0.1, -0.05) is 6.07 Å². The summed E-state index contributed by atoms with van der Waals surface area (Å²) < 4.78 is 0. The second kappa shape index (κ2) is 9.60. The van der Waals surface area contributed by atoms with Crippen LogP contribution in [0.25, 0.3) is 0 Å². The third kappa shape index (κ3) is 4.58. The Bertz CT molecular complexity index is 1040. The van der Waals surface area contributed by atoms with Crippen LogP contribution in [-0.2, 0) is 9.59 Å². The van der Waals surface area contributed by atoms with Gasteiger partial charge >= 0.3 is 0 Å². The lowest BCUT2D eigenvalue weighted by atomic mass is 10.1. The second-order valence-corrected chi connectivity index (χ2v) is 9.78. The van der Waals surface area contributed by atoms with Crippen LogP contribution in [0.1, 0.15) is 36.8 Å². The summed E-state index contributed by atoms with van der Waals surface area (Å²) in [5, 5.41) is 8.93. The molecule has 1 atom stereocenters. The minimum atomic E-state index is -0.274. The van der Waals surface area contributed by atoms with Gasteiger partial charge in [0, 0.05) is 57.9 Å². The maximum absolute atomic E-state index is 13.2. The van der Waals surface area contributed by atoms with Gasteiger partial charge in [0.2, 0.25) is 11.8 Å². The molecule has 0 saturated carbocycles. The number of carbonyl (C=O) groups excluding carboxylic acids is 2. The number of aromatic nitrogens is 2. The molecular formula is C26H34N6O2. The van der Waals surface area contributed by atoms with Gasteiger partial charge in [-0.15, -0.1) is 10.2 Å². The molecule has 3 fully saturated rings. The summed E-state index contributed by atoms with van der Waals surface area (Å²) in [6.45, 7) is 9.42. The number of hydrogen-bond acceptors (Lipinski definition) is 6. The number of carbonyl (C=O) groups is 2. The van der Waals surface area contributed by atoms with E-state index >= 15 is 0 Å². The number of nitrogens with zero attached hydrogens (tertiary/aromatic N) is 6. The number of rotatable bonds is 4. The Balaban J connectivity index is 1.16. The summed E-state index contributed by atoms with van der Waals surface area (Å²) in [5.74, 6) is 1.67. The molecule has 8 nitrogen and oxygen atoms in total. The van der Waals surface area contributed by atoms with Gasteiger partial charge in [0.25, 0.3) is 0 Å². The monoisotopic (exact) mass is 462 g/mol. The fourth-order valence-electron chi connectivity index (χ4n) is 5.21. The highest BCUT2D eigenvalue weighted by Crippen LogP contribution is 2.28. The lowest BCUT2D eigenvalue weighted by Crippen LogP contribution is -2.51. The predicted octanol–water partition coefficient (Wildman–Crippen LogP) is 2.79. The molecule has 0 spiro atoms. The molecule has 2 amide bonds. The summed E-state index contributed by atoms with van der Waals surface area (Å²) in [6.07, 6.45) is 4.02. The van der Waals surface area contributed by atoms with Crippen LogP contribution in [0.3, 0.4) is 0 Å². The van der Waals surface area contributed by atoms with Crippen molar-refractivity contribution in [3.05, 3.63) is 41.5 Å². The SMILES string of the molecule is Cc1ccc(N2CC(C(=O)N3CCN(c4ccc(N5CCCCC5)nn4)CC3)CC2=O)cc1C. The van der Waals surface area contributed by atoms with Crippen LogP contribution >= 0.6 is 0 Å². The molecule has 0 aliphatic carbocycles. The van der Waals surface area contributed by atoms with Crippen molar-refractivity contribution in [2.24, 2.45) is 5.92 Å². The zero-order valence-corrected chi connectivity index (χ0v) is 20.2. The standard InChI is InChI=1S/C26H34N6O2/c1-19-6-7-22(16-20(19)2)32-18-21(17-25(32)33)26(34)31-14-12-30(13-15-31)24-9-8-23(27-28-24)29-10-4-3-5-11-29/h6-9,16,21H,3-5,10-15,17-18H2,1-2H3. The largest absolute Gasteiger partial charge is 0.355 e. The average molecular weight is 463 g/mol. The van der Waals surface area contributed by atoms with Crippen LogP contribution in [0.2, 0.25) is 0 Å². The van der Waals surface area contributed by atoms with Crippen molar-refractivity contribution < 1.29 is 9.59 Å². The number of hydrogen-bond donors (Lipinski definition) is 0. The van der Waals surface area contributed by atoms with Crippen LogP contribution in [0.5, 0.6) is 0 Å². The Morgan fingerprint density at radius 2 is 1.47 bits per heavy atom. The molecule has 2 aromatic rings. The fraction of sp³-hybridized carbons (Fsp3) is 0.538. The maximum Gasteiger partial charge on any atom is 0.228 e. The Hall–Kier alpha value is -3.16. The number of anilines is 3. The van der Waals surface area contributed by atoms with E-state index in [4.69, 9.17) is 0 Å². The Morgan fingerprint density at radius 1 is 0.824 bits per heavy atom. The zero-order valence-electron chi connectivity index (χ0n) is 20.2. The van der Waals surface area contributed by atoms with E-state index in [1.807, 2.05) is 36.1 Å². The van der Waals surface area contributed by atoms with E-state index < -0.39 is 0 Å². The molecule has 180 valence electrons. The first-order valence-electron chi connectivity index (χ1n) is 12.5. The number of amides is 2. The predicted molar refractivity (Wildman–Crippen MR) is 133 cm³/mol. The van der Waals surface area contributed by atoms with Crippen LogP contribution in [0.4, 0.5) is 17.3 Å². The molecule has 3 aliphatic rings. The molecule has 0 radical (unpaired) electrons. The van der Waals surface area contributed by atoms with E-state index in [0.29, 0.717) is 19.6 Å².